The minimum Gasteiger partial charge on any atom is -0.508 e. The molecule has 0 aliphatic rings. The molecular weight excluding hydrogens is 252 g/mol. The van der Waals surface area contributed by atoms with E-state index in [-0.39, 0.29) is 18.1 Å². The van der Waals surface area contributed by atoms with Crippen molar-refractivity contribution in [3.8, 4) is 22.6 Å². The molecule has 2 aromatic rings. The van der Waals surface area contributed by atoms with Gasteiger partial charge in [-0.05, 0) is 41.7 Å². The zero-order valence-corrected chi connectivity index (χ0v) is 11.6. The Kier molecular flexibility index (Phi) is 4.64. The van der Waals surface area contributed by atoms with Crippen molar-refractivity contribution in [2.45, 2.75) is 26.2 Å². The molecule has 2 rings (SSSR count). The first kappa shape index (κ1) is 14.4. The van der Waals surface area contributed by atoms with Gasteiger partial charge in [-0.2, -0.15) is 0 Å². The number of rotatable bonds is 5. The molecule has 0 aliphatic carbocycles. The number of benzene rings is 2. The predicted octanol–water partition coefficient (Wildman–Crippen LogP) is 3.25. The number of phenols is 2. The summed E-state index contributed by atoms with van der Waals surface area (Å²) in [6.45, 7) is 2.09. The number of aryl methyl sites for hydroxylation is 1. The standard InChI is InChI=1S/C17H20O3/c1-2-4-12-7-8-13(9-10-18)17(20)16(12)14-5-3-6-15(19)11-14/h3,5-8,11,18-20H,2,4,9-10H2,1H3. The zero-order chi connectivity index (χ0) is 14.5. The summed E-state index contributed by atoms with van der Waals surface area (Å²) >= 11 is 0. The van der Waals surface area contributed by atoms with E-state index in [0.29, 0.717) is 6.42 Å². The van der Waals surface area contributed by atoms with E-state index >= 15 is 0 Å². The molecule has 3 nitrogen and oxygen atoms in total. The summed E-state index contributed by atoms with van der Waals surface area (Å²) in [6, 6.07) is 10.8. The van der Waals surface area contributed by atoms with Crippen LogP contribution in [0.25, 0.3) is 11.1 Å². The van der Waals surface area contributed by atoms with E-state index in [2.05, 4.69) is 6.92 Å². The van der Waals surface area contributed by atoms with Crippen molar-refractivity contribution in [3.63, 3.8) is 0 Å². The molecule has 3 N–H and O–H groups in total. The maximum atomic E-state index is 10.5. The van der Waals surface area contributed by atoms with Gasteiger partial charge in [-0.1, -0.05) is 37.6 Å². The second-order valence-corrected chi connectivity index (χ2v) is 4.88. The minimum atomic E-state index is 0.000163. The van der Waals surface area contributed by atoms with Crippen molar-refractivity contribution in [1.82, 2.24) is 0 Å². The zero-order valence-electron chi connectivity index (χ0n) is 11.6. The van der Waals surface area contributed by atoms with Crippen LogP contribution in [0.1, 0.15) is 24.5 Å². The van der Waals surface area contributed by atoms with Crippen molar-refractivity contribution in [3.05, 3.63) is 47.5 Å². The van der Waals surface area contributed by atoms with Gasteiger partial charge in [0, 0.05) is 12.2 Å². The Morgan fingerprint density at radius 3 is 2.35 bits per heavy atom. The summed E-state index contributed by atoms with van der Waals surface area (Å²) in [5.74, 6) is 0.382. The van der Waals surface area contributed by atoms with Gasteiger partial charge in [-0.15, -0.1) is 0 Å². The van der Waals surface area contributed by atoms with Crippen molar-refractivity contribution in [2.24, 2.45) is 0 Å². The highest BCUT2D eigenvalue weighted by Crippen LogP contribution is 2.37. The lowest BCUT2D eigenvalue weighted by atomic mass is 9.92. The van der Waals surface area contributed by atoms with Crippen LogP contribution in [-0.2, 0) is 12.8 Å². The summed E-state index contributed by atoms with van der Waals surface area (Å²) in [5, 5.41) is 29.2. The van der Waals surface area contributed by atoms with E-state index in [1.165, 1.54) is 0 Å². The van der Waals surface area contributed by atoms with Crippen molar-refractivity contribution in [2.75, 3.05) is 6.61 Å². The summed E-state index contributed by atoms with van der Waals surface area (Å²) in [6.07, 6.45) is 2.26. The van der Waals surface area contributed by atoms with Crippen LogP contribution in [0.15, 0.2) is 36.4 Å². The molecule has 0 aliphatic heterocycles. The summed E-state index contributed by atoms with van der Waals surface area (Å²) in [5.41, 5.74) is 3.34. The fraction of sp³-hybridized carbons (Fsp3) is 0.294. The topological polar surface area (TPSA) is 60.7 Å². The van der Waals surface area contributed by atoms with Crippen LogP contribution in [0, 0.1) is 0 Å². The van der Waals surface area contributed by atoms with E-state index in [9.17, 15) is 10.2 Å². The molecule has 0 saturated heterocycles. The van der Waals surface area contributed by atoms with Gasteiger partial charge < -0.3 is 15.3 Å². The Labute approximate surface area is 119 Å². The molecule has 0 amide bonds. The van der Waals surface area contributed by atoms with Crippen LogP contribution < -0.4 is 0 Å². The lowest BCUT2D eigenvalue weighted by molar-refractivity contribution is 0.297. The van der Waals surface area contributed by atoms with Crippen LogP contribution in [0.4, 0.5) is 0 Å². The number of hydrogen-bond acceptors (Lipinski definition) is 3. The lowest BCUT2D eigenvalue weighted by Gasteiger charge is -2.15. The fourth-order valence-electron chi connectivity index (χ4n) is 2.46. The number of aromatic hydroxyl groups is 2. The van der Waals surface area contributed by atoms with Gasteiger partial charge in [0.15, 0.2) is 0 Å². The molecule has 3 heteroatoms. The molecule has 0 radical (unpaired) electrons. The third-order valence-electron chi connectivity index (χ3n) is 3.38. The Bertz CT molecular complexity index is 591. The minimum absolute atomic E-state index is 0.000163. The third kappa shape index (κ3) is 2.94. The van der Waals surface area contributed by atoms with E-state index in [1.807, 2.05) is 18.2 Å². The van der Waals surface area contributed by atoms with Gasteiger partial charge in [-0.3, -0.25) is 0 Å². The number of aliphatic hydroxyl groups excluding tert-OH is 1. The lowest BCUT2D eigenvalue weighted by Crippen LogP contribution is -1.97. The smallest absolute Gasteiger partial charge is 0.126 e. The second-order valence-electron chi connectivity index (χ2n) is 4.88. The van der Waals surface area contributed by atoms with Crippen LogP contribution in [0.3, 0.4) is 0 Å². The van der Waals surface area contributed by atoms with Gasteiger partial charge in [0.2, 0.25) is 0 Å². The monoisotopic (exact) mass is 272 g/mol. The molecule has 0 aromatic heterocycles. The van der Waals surface area contributed by atoms with Crippen LogP contribution in [0.5, 0.6) is 11.5 Å². The van der Waals surface area contributed by atoms with Gasteiger partial charge in [-0.25, -0.2) is 0 Å². The number of phenolic OH excluding ortho intramolecular Hbond substituents is 2. The van der Waals surface area contributed by atoms with E-state index in [4.69, 9.17) is 5.11 Å². The van der Waals surface area contributed by atoms with E-state index in [0.717, 1.165) is 35.1 Å². The molecule has 0 heterocycles. The first-order valence-corrected chi connectivity index (χ1v) is 6.91. The van der Waals surface area contributed by atoms with E-state index < -0.39 is 0 Å². The first-order chi connectivity index (χ1) is 9.67. The summed E-state index contributed by atoms with van der Waals surface area (Å²) < 4.78 is 0. The highest BCUT2D eigenvalue weighted by atomic mass is 16.3. The average molecular weight is 272 g/mol. The summed E-state index contributed by atoms with van der Waals surface area (Å²) in [4.78, 5) is 0. The van der Waals surface area contributed by atoms with Crippen molar-refractivity contribution in [1.29, 1.82) is 0 Å². The predicted molar refractivity (Wildman–Crippen MR) is 80.0 cm³/mol. The van der Waals surface area contributed by atoms with Gasteiger partial charge in [0.05, 0.1) is 0 Å². The maximum Gasteiger partial charge on any atom is 0.126 e. The first-order valence-electron chi connectivity index (χ1n) is 6.91. The third-order valence-corrected chi connectivity index (χ3v) is 3.38. The molecule has 0 fully saturated rings. The van der Waals surface area contributed by atoms with Gasteiger partial charge in [0.1, 0.15) is 11.5 Å². The average Bonchev–Trinajstić information content (AvgIpc) is 2.42. The quantitative estimate of drug-likeness (QED) is 0.783. The summed E-state index contributed by atoms with van der Waals surface area (Å²) in [7, 11) is 0. The second kappa shape index (κ2) is 6.44. The molecule has 0 unspecified atom stereocenters. The maximum absolute atomic E-state index is 10.5. The van der Waals surface area contributed by atoms with Gasteiger partial charge in [0.25, 0.3) is 0 Å². The Morgan fingerprint density at radius 2 is 1.70 bits per heavy atom. The fourth-order valence-corrected chi connectivity index (χ4v) is 2.46. The van der Waals surface area contributed by atoms with Crippen LogP contribution in [-0.4, -0.2) is 21.9 Å². The Balaban J connectivity index is 2.60. The molecule has 20 heavy (non-hydrogen) atoms. The molecular formula is C17H20O3. The highest BCUT2D eigenvalue weighted by molar-refractivity contribution is 5.76. The van der Waals surface area contributed by atoms with E-state index in [1.54, 1.807) is 18.2 Å². The van der Waals surface area contributed by atoms with Crippen molar-refractivity contribution < 1.29 is 15.3 Å². The molecule has 106 valence electrons. The largest absolute Gasteiger partial charge is 0.508 e. The van der Waals surface area contributed by atoms with Crippen molar-refractivity contribution >= 4 is 0 Å². The van der Waals surface area contributed by atoms with Crippen LogP contribution in [0.2, 0.25) is 0 Å². The Hall–Kier alpha value is -2.00. The van der Waals surface area contributed by atoms with Gasteiger partial charge >= 0.3 is 0 Å². The molecule has 0 bridgehead atoms. The SMILES string of the molecule is CCCc1ccc(CCO)c(O)c1-c1cccc(O)c1. The molecule has 2 aromatic carbocycles. The molecule has 0 atom stereocenters. The molecule has 0 spiro atoms. The molecule has 0 saturated carbocycles. The Morgan fingerprint density at radius 1 is 0.950 bits per heavy atom. The number of hydrogen-bond donors (Lipinski definition) is 3. The van der Waals surface area contributed by atoms with Crippen LogP contribution >= 0.6 is 0 Å². The number of aliphatic hydroxyl groups is 1. The highest BCUT2D eigenvalue weighted by Gasteiger charge is 2.14. The normalized spacial score (nSPS) is 10.7.